The van der Waals surface area contributed by atoms with Crippen LogP contribution in [0, 0.1) is 11.8 Å². The molecule has 4 rings (SSSR count). The summed E-state index contributed by atoms with van der Waals surface area (Å²) in [6, 6.07) is 10.8. The lowest BCUT2D eigenvalue weighted by molar-refractivity contribution is -0.132. The number of benzene rings is 1. The van der Waals surface area contributed by atoms with E-state index in [1.165, 1.54) is 38.8 Å². The molecule has 0 spiro atoms. The first kappa shape index (κ1) is 14.9. The van der Waals surface area contributed by atoms with Crippen LogP contribution in [0.25, 0.3) is 6.08 Å². The third-order valence-corrected chi connectivity index (χ3v) is 5.80. The van der Waals surface area contributed by atoms with Crippen LogP contribution >= 0.6 is 0 Å². The molecule has 1 amide bonds. The fraction of sp³-hybridized carbons (Fsp3) is 0.550. The Morgan fingerprint density at radius 2 is 1.96 bits per heavy atom. The number of piperidine rings is 3. The van der Waals surface area contributed by atoms with Crippen molar-refractivity contribution in [3.8, 4) is 0 Å². The van der Waals surface area contributed by atoms with E-state index in [0.29, 0.717) is 11.8 Å². The first-order chi connectivity index (χ1) is 11.3. The Labute approximate surface area is 139 Å². The molecule has 3 saturated heterocycles. The molecule has 0 unspecified atom stereocenters. The van der Waals surface area contributed by atoms with Gasteiger partial charge in [0, 0.05) is 31.8 Å². The molecule has 23 heavy (non-hydrogen) atoms. The van der Waals surface area contributed by atoms with Crippen LogP contribution in [0.15, 0.2) is 36.4 Å². The minimum absolute atomic E-state index is 0.188. The average Bonchev–Trinajstić information content (AvgIpc) is 2.60. The largest absolute Gasteiger partial charge is 0.338 e. The van der Waals surface area contributed by atoms with Crippen molar-refractivity contribution in [3.05, 3.63) is 42.0 Å². The molecule has 0 saturated carbocycles. The van der Waals surface area contributed by atoms with E-state index in [9.17, 15) is 4.79 Å². The summed E-state index contributed by atoms with van der Waals surface area (Å²) in [6.45, 7) is 4.38. The lowest BCUT2D eigenvalue weighted by atomic mass is 9.76. The molecular weight excluding hydrogens is 284 g/mol. The van der Waals surface area contributed by atoms with E-state index in [-0.39, 0.29) is 5.91 Å². The summed E-state index contributed by atoms with van der Waals surface area (Å²) >= 11 is 0. The topological polar surface area (TPSA) is 23.6 Å². The van der Waals surface area contributed by atoms with Crippen molar-refractivity contribution in [1.29, 1.82) is 0 Å². The van der Waals surface area contributed by atoms with Gasteiger partial charge in [0.15, 0.2) is 0 Å². The van der Waals surface area contributed by atoms with Gasteiger partial charge in [-0.1, -0.05) is 36.8 Å². The Morgan fingerprint density at radius 1 is 1.09 bits per heavy atom. The Balaban J connectivity index is 1.42. The van der Waals surface area contributed by atoms with Crippen molar-refractivity contribution in [3.63, 3.8) is 0 Å². The number of hydrogen-bond donors (Lipinski definition) is 0. The number of carbonyl (C=O) groups excluding carboxylic acids is 1. The van der Waals surface area contributed by atoms with Crippen molar-refractivity contribution in [2.75, 3.05) is 26.2 Å². The predicted molar refractivity (Wildman–Crippen MR) is 92.9 cm³/mol. The molecule has 3 heterocycles. The highest BCUT2D eigenvalue weighted by atomic mass is 16.2. The standard InChI is InChI=1S/C20H26N2O/c23-20(10-9-16-6-2-1-3-7-16)22-14-17-12-18(15-22)19-8-4-5-11-21(19)13-17/h1-3,6-7,9-10,17-19H,4-5,8,11-15H2/b10-9+/t17-,18-,19+/m1/s1. The first-order valence-corrected chi connectivity index (χ1v) is 9.06. The van der Waals surface area contributed by atoms with Gasteiger partial charge in [-0.15, -0.1) is 0 Å². The van der Waals surface area contributed by atoms with Crippen LogP contribution < -0.4 is 0 Å². The maximum absolute atomic E-state index is 12.6. The minimum Gasteiger partial charge on any atom is -0.338 e. The van der Waals surface area contributed by atoms with Gasteiger partial charge in [0.05, 0.1) is 0 Å². The quantitative estimate of drug-likeness (QED) is 0.784. The number of likely N-dealkylation sites (tertiary alicyclic amines) is 1. The molecule has 3 atom stereocenters. The van der Waals surface area contributed by atoms with Gasteiger partial charge in [-0.25, -0.2) is 0 Å². The fourth-order valence-electron chi connectivity index (χ4n) is 4.78. The molecule has 2 bridgehead atoms. The van der Waals surface area contributed by atoms with Crippen LogP contribution in [0.5, 0.6) is 0 Å². The second-order valence-corrected chi connectivity index (χ2v) is 7.41. The number of nitrogens with zero attached hydrogens (tertiary/aromatic N) is 2. The van der Waals surface area contributed by atoms with Gasteiger partial charge in [-0.05, 0) is 49.3 Å². The highest BCUT2D eigenvalue weighted by molar-refractivity contribution is 5.91. The summed E-state index contributed by atoms with van der Waals surface area (Å²) in [5.74, 6) is 1.56. The summed E-state index contributed by atoms with van der Waals surface area (Å²) in [7, 11) is 0. The van der Waals surface area contributed by atoms with Crippen molar-refractivity contribution >= 4 is 12.0 Å². The normalized spacial score (nSPS) is 31.1. The number of hydrogen-bond acceptors (Lipinski definition) is 2. The van der Waals surface area contributed by atoms with Crippen LogP contribution in [0.2, 0.25) is 0 Å². The van der Waals surface area contributed by atoms with E-state index in [4.69, 9.17) is 0 Å². The summed E-state index contributed by atoms with van der Waals surface area (Å²) in [5, 5.41) is 0. The molecule has 3 nitrogen and oxygen atoms in total. The van der Waals surface area contributed by atoms with Crippen molar-refractivity contribution in [1.82, 2.24) is 9.80 Å². The van der Waals surface area contributed by atoms with Gasteiger partial charge in [-0.3, -0.25) is 9.69 Å². The van der Waals surface area contributed by atoms with Crippen LogP contribution in [0.4, 0.5) is 0 Å². The third-order valence-electron chi connectivity index (χ3n) is 5.80. The molecule has 3 heteroatoms. The number of fused-ring (bicyclic) bond motifs is 4. The Kier molecular flexibility index (Phi) is 4.21. The van der Waals surface area contributed by atoms with Crippen molar-refractivity contribution in [2.45, 2.75) is 31.7 Å². The van der Waals surface area contributed by atoms with Gasteiger partial charge in [0.2, 0.25) is 5.91 Å². The van der Waals surface area contributed by atoms with Crippen molar-refractivity contribution in [2.24, 2.45) is 11.8 Å². The monoisotopic (exact) mass is 310 g/mol. The van der Waals surface area contributed by atoms with Gasteiger partial charge in [0.1, 0.15) is 0 Å². The maximum Gasteiger partial charge on any atom is 0.246 e. The molecule has 1 aromatic rings. The van der Waals surface area contributed by atoms with Crippen LogP contribution in [0.1, 0.15) is 31.2 Å². The van der Waals surface area contributed by atoms with E-state index in [1.807, 2.05) is 36.4 Å². The van der Waals surface area contributed by atoms with Gasteiger partial charge in [0.25, 0.3) is 0 Å². The molecule has 3 fully saturated rings. The van der Waals surface area contributed by atoms with Crippen molar-refractivity contribution < 1.29 is 4.79 Å². The predicted octanol–water partition coefficient (Wildman–Crippen LogP) is 3.03. The van der Waals surface area contributed by atoms with Crippen LogP contribution in [-0.4, -0.2) is 47.9 Å². The summed E-state index contributed by atoms with van der Waals surface area (Å²) in [6.07, 6.45) is 9.09. The van der Waals surface area contributed by atoms with Gasteiger partial charge < -0.3 is 4.90 Å². The lowest BCUT2D eigenvalue weighted by Crippen LogP contribution is -2.59. The third kappa shape index (κ3) is 3.20. The zero-order valence-electron chi connectivity index (χ0n) is 13.7. The smallest absolute Gasteiger partial charge is 0.246 e. The zero-order chi connectivity index (χ0) is 15.6. The summed E-state index contributed by atoms with van der Waals surface area (Å²) in [4.78, 5) is 17.4. The summed E-state index contributed by atoms with van der Waals surface area (Å²) in [5.41, 5.74) is 1.09. The summed E-state index contributed by atoms with van der Waals surface area (Å²) < 4.78 is 0. The lowest BCUT2D eigenvalue weighted by Gasteiger charge is -2.52. The zero-order valence-corrected chi connectivity index (χ0v) is 13.7. The SMILES string of the molecule is O=C(/C=C/c1ccccc1)N1C[C@@H]2C[C@H](C1)[C@@H]1CCCCN1C2. The minimum atomic E-state index is 0.188. The van der Waals surface area contributed by atoms with E-state index in [1.54, 1.807) is 6.08 Å². The molecule has 0 aliphatic carbocycles. The van der Waals surface area contributed by atoms with Gasteiger partial charge in [-0.2, -0.15) is 0 Å². The number of rotatable bonds is 2. The molecule has 0 N–H and O–H groups in total. The average molecular weight is 310 g/mol. The van der Waals surface area contributed by atoms with E-state index in [0.717, 1.165) is 24.7 Å². The second kappa shape index (κ2) is 6.48. The first-order valence-electron chi connectivity index (χ1n) is 9.06. The highest BCUT2D eigenvalue weighted by Gasteiger charge is 2.42. The van der Waals surface area contributed by atoms with E-state index >= 15 is 0 Å². The Hall–Kier alpha value is -1.61. The van der Waals surface area contributed by atoms with E-state index in [2.05, 4.69) is 9.80 Å². The van der Waals surface area contributed by atoms with Crippen LogP contribution in [0.3, 0.4) is 0 Å². The fourth-order valence-corrected chi connectivity index (χ4v) is 4.78. The second-order valence-electron chi connectivity index (χ2n) is 7.41. The molecule has 3 aliphatic heterocycles. The van der Waals surface area contributed by atoms with E-state index < -0.39 is 0 Å². The molecule has 0 radical (unpaired) electrons. The number of amides is 1. The highest BCUT2D eigenvalue weighted by Crippen LogP contribution is 2.37. The molecular formula is C20H26N2O. The number of carbonyl (C=O) groups is 1. The van der Waals surface area contributed by atoms with Crippen LogP contribution in [-0.2, 0) is 4.79 Å². The Bertz CT molecular complexity index is 583. The van der Waals surface area contributed by atoms with Gasteiger partial charge >= 0.3 is 0 Å². The Morgan fingerprint density at radius 3 is 2.83 bits per heavy atom. The molecule has 0 aromatic heterocycles. The molecule has 3 aliphatic rings. The molecule has 1 aromatic carbocycles. The molecule has 122 valence electrons. The maximum atomic E-state index is 12.6.